The van der Waals surface area contributed by atoms with Gasteiger partial charge >= 0.3 is 0 Å². The number of hydrogen-bond acceptors (Lipinski definition) is 3. The highest BCUT2D eigenvalue weighted by Gasteiger charge is 2.27. The highest BCUT2D eigenvalue weighted by atomic mass is 19.1. The van der Waals surface area contributed by atoms with Crippen LogP contribution in [0.25, 0.3) is 10.9 Å². The minimum Gasteiger partial charge on any atom is -0.388 e. The van der Waals surface area contributed by atoms with Crippen LogP contribution in [0.1, 0.15) is 35.6 Å². The number of nitrogens with zero attached hydrogens (tertiary/aromatic N) is 2. The van der Waals surface area contributed by atoms with Crippen LogP contribution in [0, 0.1) is 23.1 Å². The van der Waals surface area contributed by atoms with Crippen molar-refractivity contribution in [3.8, 4) is 6.07 Å². The Kier molecular flexibility index (Phi) is 5.43. The first kappa shape index (κ1) is 18.7. The van der Waals surface area contributed by atoms with Gasteiger partial charge in [0.25, 0.3) is 0 Å². The van der Waals surface area contributed by atoms with Gasteiger partial charge in [0.15, 0.2) is 0 Å². The number of piperidine rings is 1. The normalized spacial score (nSPS) is 16.9. The molecule has 0 radical (unpaired) electrons. The molecule has 0 amide bonds. The summed E-state index contributed by atoms with van der Waals surface area (Å²) >= 11 is 0. The van der Waals surface area contributed by atoms with Crippen LogP contribution in [0.5, 0.6) is 0 Å². The largest absolute Gasteiger partial charge is 0.388 e. The maximum absolute atomic E-state index is 13.0. The monoisotopic (exact) mass is 377 g/mol. The van der Waals surface area contributed by atoms with E-state index < -0.39 is 6.10 Å². The molecule has 2 aromatic carbocycles. The zero-order valence-electron chi connectivity index (χ0n) is 15.7. The Morgan fingerprint density at radius 3 is 2.64 bits per heavy atom. The van der Waals surface area contributed by atoms with Gasteiger partial charge in [0.05, 0.1) is 17.2 Å². The number of H-pyrrole nitrogens is 1. The molecule has 3 aromatic rings. The van der Waals surface area contributed by atoms with Crippen molar-refractivity contribution >= 4 is 10.9 Å². The lowest BCUT2D eigenvalue weighted by atomic mass is 9.86. The number of rotatable bonds is 5. The lowest BCUT2D eigenvalue weighted by Gasteiger charge is -2.34. The SMILES string of the molecule is N#Cc1c[nH]c2c(C(O)C3CCN(CCc4ccc(F)cc4)CC3)cccc12. The lowest BCUT2D eigenvalue weighted by Crippen LogP contribution is -2.36. The number of nitrogens with one attached hydrogen (secondary N) is 1. The molecule has 0 saturated carbocycles. The van der Waals surface area contributed by atoms with Gasteiger partial charge in [0, 0.05) is 23.7 Å². The number of benzene rings is 2. The number of likely N-dealkylation sites (tertiary alicyclic amines) is 1. The van der Waals surface area contributed by atoms with Crippen molar-refractivity contribution in [2.45, 2.75) is 25.4 Å². The summed E-state index contributed by atoms with van der Waals surface area (Å²) in [4.78, 5) is 5.57. The fraction of sp³-hybridized carbons (Fsp3) is 0.348. The molecule has 1 saturated heterocycles. The second kappa shape index (κ2) is 8.14. The molecule has 1 aromatic heterocycles. The number of halogens is 1. The van der Waals surface area contributed by atoms with Crippen LogP contribution in [-0.4, -0.2) is 34.6 Å². The second-order valence-corrected chi connectivity index (χ2v) is 7.58. The predicted octanol–water partition coefficient (Wildman–Crippen LogP) is 4.17. The summed E-state index contributed by atoms with van der Waals surface area (Å²) < 4.78 is 13.0. The number of para-hydroxylation sites is 1. The summed E-state index contributed by atoms with van der Waals surface area (Å²) in [6.07, 6.45) is 3.96. The zero-order chi connectivity index (χ0) is 19.5. The molecule has 2 heterocycles. The average Bonchev–Trinajstić information content (AvgIpc) is 3.16. The molecule has 144 valence electrons. The van der Waals surface area contributed by atoms with Crippen molar-refractivity contribution in [3.63, 3.8) is 0 Å². The summed E-state index contributed by atoms with van der Waals surface area (Å²) in [7, 11) is 0. The zero-order valence-corrected chi connectivity index (χ0v) is 15.7. The summed E-state index contributed by atoms with van der Waals surface area (Å²) in [6, 6.07) is 14.7. The predicted molar refractivity (Wildman–Crippen MR) is 107 cm³/mol. The van der Waals surface area contributed by atoms with Gasteiger partial charge in [-0.25, -0.2) is 4.39 Å². The third-order valence-electron chi connectivity index (χ3n) is 5.90. The molecule has 0 spiro atoms. The maximum atomic E-state index is 13.0. The van der Waals surface area contributed by atoms with Gasteiger partial charge < -0.3 is 15.0 Å². The third kappa shape index (κ3) is 3.80. The van der Waals surface area contributed by atoms with Crippen molar-refractivity contribution in [1.82, 2.24) is 9.88 Å². The van der Waals surface area contributed by atoms with E-state index in [9.17, 15) is 14.8 Å². The van der Waals surface area contributed by atoms with E-state index in [1.54, 1.807) is 6.20 Å². The van der Waals surface area contributed by atoms with E-state index in [4.69, 9.17) is 0 Å². The summed E-state index contributed by atoms with van der Waals surface area (Å²) in [5.41, 5.74) is 3.50. The first-order valence-electron chi connectivity index (χ1n) is 9.80. The van der Waals surface area contributed by atoms with Crippen LogP contribution in [0.15, 0.2) is 48.7 Å². The average molecular weight is 377 g/mol. The van der Waals surface area contributed by atoms with Gasteiger partial charge in [0.1, 0.15) is 11.9 Å². The number of hydrogen-bond donors (Lipinski definition) is 2. The molecule has 1 fully saturated rings. The quantitative estimate of drug-likeness (QED) is 0.702. The van der Waals surface area contributed by atoms with Crippen LogP contribution < -0.4 is 0 Å². The molecule has 1 aliphatic heterocycles. The van der Waals surface area contributed by atoms with Crippen LogP contribution in [-0.2, 0) is 6.42 Å². The fourth-order valence-corrected chi connectivity index (χ4v) is 4.20. The third-order valence-corrected chi connectivity index (χ3v) is 5.90. The molecular weight excluding hydrogens is 353 g/mol. The Morgan fingerprint density at radius 1 is 1.18 bits per heavy atom. The number of aromatic amines is 1. The number of fused-ring (bicyclic) bond motifs is 1. The summed E-state index contributed by atoms with van der Waals surface area (Å²) in [5.74, 6) is 0.0130. The molecule has 1 atom stereocenters. The van der Waals surface area contributed by atoms with E-state index >= 15 is 0 Å². The van der Waals surface area contributed by atoms with Crippen LogP contribution >= 0.6 is 0 Å². The molecule has 4 rings (SSSR count). The summed E-state index contributed by atoms with van der Waals surface area (Å²) in [5, 5.41) is 21.1. The maximum Gasteiger partial charge on any atom is 0.123 e. The second-order valence-electron chi connectivity index (χ2n) is 7.58. The molecular formula is C23H24FN3O. The molecule has 2 N–H and O–H groups in total. The Morgan fingerprint density at radius 2 is 1.93 bits per heavy atom. The smallest absolute Gasteiger partial charge is 0.123 e. The van der Waals surface area contributed by atoms with Crippen LogP contribution in [0.4, 0.5) is 4.39 Å². The van der Waals surface area contributed by atoms with Gasteiger partial charge in [-0.05, 0) is 56.0 Å². The summed E-state index contributed by atoms with van der Waals surface area (Å²) in [6.45, 7) is 2.85. The van der Waals surface area contributed by atoms with Gasteiger partial charge in [-0.2, -0.15) is 5.26 Å². The Balaban J connectivity index is 1.36. The fourth-order valence-electron chi connectivity index (χ4n) is 4.20. The minimum absolute atomic E-state index is 0.197. The minimum atomic E-state index is -0.534. The molecule has 5 heteroatoms. The topological polar surface area (TPSA) is 63.1 Å². The van der Waals surface area contributed by atoms with Gasteiger partial charge in [-0.1, -0.05) is 30.3 Å². The Bertz CT molecular complexity index is 981. The lowest BCUT2D eigenvalue weighted by molar-refractivity contribution is 0.0601. The van der Waals surface area contributed by atoms with Gasteiger partial charge in [-0.3, -0.25) is 0 Å². The molecule has 0 aliphatic carbocycles. The number of aromatic nitrogens is 1. The van der Waals surface area contributed by atoms with Crippen LogP contribution in [0.2, 0.25) is 0 Å². The molecule has 0 bridgehead atoms. The van der Waals surface area contributed by atoms with E-state index in [1.807, 2.05) is 30.3 Å². The number of aliphatic hydroxyl groups excluding tert-OH is 1. The van der Waals surface area contributed by atoms with E-state index in [2.05, 4.69) is 16.0 Å². The van der Waals surface area contributed by atoms with Crippen molar-refractivity contribution in [2.75, 3.05) is 19.6 Å². The van der Waals surface area contributed by atoms with Crippen LogP contribution in [0.3, 0.4) is 0 Å². The van der Waals surface area contributed by atoms with Gasteiger partial charge in [0.2, 0.25) is 0 Å². The Labute approximate surface area is 164 Å². The standard InChI is InChI=1S/C23H24FN3O/c24-19-6-4-16(5-7-19)8-11-27-12-9-17(10-13-27)23(28)21-3-1-2-20-18(14-25)15-26-22(20)21/h1-7,15,17,23,26,28H,8-13H2. The van der Waals surface area contributed by atoms with E-state index in [1.165, 1.54) is 12.1 Å². The molecule has 1 unspecified atom stereocenters. The highest BCUT2D eigenvalue weighted by Crippen LogP contribution is 2.34. The highest BCUT2D eigenvalue weighted by molar-refractivity contribution is 5.88. The Hall–Kier alpha value is -2.68. The molecule has 28 heavy (non-hydrogen) atoms. The van der Waals surface area contributed by atoms with Gasteiger partial charge in [-0.15, -0.1) is 0 Å². The van der Waals surface area contributed by atoms with Crippen molar-refractivity contribution in [3.05, 3.63) is 71.2 Å². The van der Waals surface area contributed by atoms with Crippen molar-refractivity contribution in [2.24, 2.45) is 5.92 Å². The van der Waals surface area contributed by atoms with Crippen molar-refractivity contribution in [1.29, 1.82) is 5.26 Å². The van der Waals surface area contributed by atoms with E-state index in [-0.39, 0.29) is 11.7 Å². The van der Waals surface area contributed by atoms with E-state index in [0.717, 1.165) is 60.9 Å². The molecule has 1 aliphatic rings. The number of nitriles is 1. The number of aliphatic hydroxyl groups is 1. The first-order valence-corrected chi connectivity index (χ1v) is 9.80. The van der Waals surface area contributed by atoms with Crippen molar-refractivity contribution < 1.29 is 9.50 Å². The molecule has 4 nitrogen and oxygen atoms in total. The van der Waals surface area contributed by atoms with E-state index in [0.29, 0.717) is 5.56 Å². The first-order chi connectivity index (χ1) is 13.7.